The molecule has 0 aromatic heterocycles. The molecule has 30 heavy (non-hydrogen) atoms. The van der Waals surface area contributed by atoms with Gasteiger partial charge in [0.25, 0.3) is 12.2 Å². The summed E-state index contributed by atoms with van der Waals surface area (Å²) in [5.41, 5.74) is 1.12. The largest absolute Gasteiger partial charge is 0.457 e. The van der Waals surface area contributed by atoms with Gasteiger partial charge < -0.3 is 9.47 Å². The van der Waals surface area contributed by atoms with E-state index in [0.717, 1.165) is 24.8 Å². The van der Waals surface area contributed by atoms with Gasteiger partial charge in [0, 0.05) is 18.3 Å². The second-order valence-corrected chi connectivity index (χ2v) is 9.75. The van der Waals surface area contributed by atoms with Crippen LogP contribution in [0.4, 0.5) is 0 Å². The van der Waals surface area contributed by atoms with Crippen molar-refractivity contribution in [3.05, 3.63) is 32.9 Å². The monoisotopic (exact) mass is 420 g/mol. The maximum Gasteiger partial charge on any atom is 0.386 e. The van der Waals surface area contributed by atoms with Crippen LogP contribution in [0.3, 0.4) is 0 Å². The third-order valence-corrected chi connectivity index (χ3v) is 7.61. The van der Waals surface area contributed by atoms with Gasteiger partial charge in [-0.05, 0) is 42.6 Å². The van der Waals surface area contributed by atoms with Crippen LogP contribution in [-0.4, -0.2) is 42.9 Å². The van der Waals surface area contributed by atoms with E-state index < -0.39 is 22.4 Å². The van der Waals surface area contributed by atoms with Crippen molar-refractivity contribution >= 4 is 11.8 Å². The fourth-order valence-electron chi connectivity index (χ4n) is 6.40. The van der Waals surface area contributed by atoms with E-state index in [0.29, 0.717) is 17.6 Å². The van der Waals surface area contributed by atoms with Crippen LogP contribution in [0.5, 0.6) is 0 Å². The van der Waals surface area contributed by atoms with Crippen LogP contribution in [0, 0.1) is 32.8 Å². The lowest BCUT2D eigenvalue weighted by Crippen LogP contribution is -2.65. The average molecular weight is 420 g/mol. The molecule has 2 bridgehead atoms. The Morgan fingerprint density at radius 1 is 1.33 bits per heavy atom. The van der Waals surface area contributed by atoms with Crippen molar-refractivity contribution in [2.24, 2.45) is 22.7 Å². The van der Waals surface area contributed by atoms with Crippen molar-refractivity contribution in [2.75, 3.05) is 14.2 Å². The Morgan fingerprint density at radius 3 is 2.60 bits per heavy atom. The Balaban J connectivity index is 2.03. The minimum atomic E-state index is -1.83. The highest BCUT2D eigenvalue weighted by Crippen LogP contribution is 2.65. The number of methoxy groups -OCH3 is 1. The van der Waals surface area contributed by atoms with Crippen molar-refractivity contribution < 1.29 is 28.6 Å². The summed E-state index contributed by atoms with van der Waals surface area (Å²) in [5.74, 6) is -1.97. The van der Waals surface area contributed by atoms with Gasteiger partial charge in [-0.1, -0.05) is 34.1 Å². The molecule has 5 aliphatic rings. The highest BCUT2D eigenvalue weighted by atomic mass is 17.0. The fourth-order valence-corrected chi connectivity index (χ4v) is 6.40. The molecule has 0 aromatic carbocycles. The van der Waals surface area contributed by atoms with E-state index in [-0.39, 0.29) is 29.0 Å². The quantitative estimate of drug-likeness (QED) is 0.227. The Hall–Kier alpha value is -2.22. The molecule has 8 nitrogen and oxygen atoms in total. The summed E-state index contributed by atoms with van der Waals surface area (Å²) in [6, 6.07) is 0. The van der Waals surface area contributed by atoms with Gasteiger partial charge in [-0.3, -0.25) is 14.1 Å². The van der Waals surface area contributed by atoms with Gasteiger partial charge in [-0.15, -0.1) is 10.1 Å². The summed E-state index contributed by atoms with van der Waals surface area (Å²) >= 11 is 0. The summed E-state index contributed by atoms with van der Waals surface area (Å²) in [6.45, 7) is 8.21. The Bertz CT molecular complexity index is 899. The molecule has 0 N–H and O–H groups in total. The molecular formula is C22H30NO7+. The molecule has 1 saturated carbocycles. The van der Waals surface area contributed by atoms with Crippen LogP contribution in [0.25, 0.3) is 0 Å². The first-order chi connectivity index (χ1) is 14.0. The van der Waals surface area contributed by atoms with Gasteiger partial charge in [-0.25, -0.2) is 0 Å². The maximum atomic E-state index is 13.4. The number of nitrogens with zero attached hydrogens (tertiary/aromatic N) is 1. The summed E-state index contributed by atoms with van der Waals surface area (Å²) in [4.78, 5) is 30.1. The Morgan fingerprint density at radius 2 is 2.03 bits per heavy atom. The number of rotatable bonds is 4. The zero-order valence-corrected chi connectivity index (χ0v) is 18.4. The van der Waals surface area contributed by atoms with E-state index in [1.54, 1.807) is 0 Å². The number of esters is 1. The van der Waals surface area contributed by atoms with Crippen LogP contribution in [0.2, 0.25) is 0 Å². The zero-order valence-electron chi connectivity index (χ0n) is 18.4. The van der Waals surface area contributed by atoms with Crippen molar-refractivity contribution in [2.45, 2.75) is 65.3 Å². The number of fused-ring (bicyclic) bond motifs is 1. The first-order valence-electron chi connectivity index (χ1n) is 10.5. The van der Waals surface area contributed by atoms with E-state index in [4.69, 9.17) is 18.7 Å². The number of carbonyl (C=O) groups is 1. The van der Waals surface area contributed by atoms with Crippen LogP contribution >= 0.6 is 0 Å². The highest BCUT2D eigenvalue weighted by molar-refractivity contribution is 6.12. The molecule has 0 aromatic rings. The fraction of sp³-hybridized carbons (Fsp3) is 0.727. The number of carbonyl (C=O) groups excluding carboxylic acids is 2. The van der Waals surface area contributed by atoms with Gasteiger partial charge in [0.05, 0.1) is 5.57 Å². The standard InChI is InChI=1S/C22H30NO7/c1-12(2)14-10-13-15-11-16-20(3,4)8-7-9-21(16,19(24)29-15)17(13)18(27-5)22(14,28-6)30-23(25)26/h10,12,15-16H,7-9,11H2,1-6H3/q+1/t15?,16-,21+,22?/m0/s1. The topological polar surface area (TPSA) is 99.2 Å². The second kappa shape index (κ2) is 6.64. The molecule has 0 amide bonds. The molecule has 164 valence electrons. The summed E-state index contributed by atoms with van der Waals surface area (Å²) in [6.07, 6.45) is 4.70. The number of ether oxygens (including phenoxy) is 2. The number of ketones is 1. The third-order valence-electron chi connectivity index (χ3n) is 7.61. The van der Waals surface area contributed by atoms with Crippen molar-refractivity contribution in [3.8, 4) is 0 Å². The molecule has 2 fully saturated rings. The van der Waals surface area contributed by atoms with E-state index in [1.165, 1.54) is 14.2 Å². The SMILES string of the molecule is COC1(O[N+](=O)[O-])C(C(C)C)=CC2=C(C1=[O+]C)[C@@]13CCCC(C)(C)[C@@H]1CC2OC3=O. The van der Waals surface area contributed by atoms with Crippen LogP contribution < -0.4 is 0 Å². The predicted octanol–water partition coefficient (Wildman–Crippen LogP) is 3.31. The minimum Gasteiger partial charge on any atom is -0.457 e. The molecule has 3 aliphatic carbocycles. The van der Waals surface area contributed by atoms with E-state index >= 15 is 0 Å². The lowest BCUT2D eigenvalue weighted by Gasteiger charge is -2.59. The zero-order chi connectivity index (χ0) is 22.1. The molecule has 2 heterocycles. The predicted molar refractivity (Wildman–Crippen MR) is 107 cm³/mol. The third kappa shape index (κ3) is 2.49. The van der Waals surface area contributed by atoms with Gasteiger partial charge in [0.15, 0.2) is 0 Å². The lowest BCUT2D eigenvalue weighted by molar-refractivity contribution is -0.787. The first kappa shape index (κ1) is 21.0. The number of hydrogen-bond donors (Lipinski definition) is 0. The van der Waals surface area contributed by atoms with Gasteiger partial charge in [0.1, 0.15) is 11.5 Å². The molecule has 5 rings (SSSR count). The van der Waals surface area contributed by atoms with Gasteiger partial charge in [0.2, 0.25) is 0 Å². The van der Waals surface area contributed by atoms with Gasteiger partial charge in [-0.2, -0.15) is 0 Å². The van der Waals surface area contributed by atoms with E-state index in [9.17, 15) is 14.9 Å². The molecule has 4 atom stereocenters. The summed E-state index contributed by atoms with van der Waals surface area (Å²) in [7, 11) is 2.82. The molecular weight excluding hydrogens is 390 g/mol. The summed E-state index contributed by atoms with van der Waals surface area (Å²) < 4.78 is 17.4. The molecule has 2 aliphatic heterocycles. The Labute approximate surface area is 176 Å². The van der Waals surface area contributed by atoms with E-state index in [1.807, 2.05) is 19.9 Å². The van der Waals surface area contributed by atoms with Crippen LogP contribution in [-0.2, 0) is 23.5 Å². The van der Waals surface area contributed by atoms with Crippen LogP contribution in [0.15, 0.2) is 22.8 Å². The molecule has 1 saturated heterocycles. The molecule has 0 radical (unpaired) electrons. The van der Waals surface area contributed by atoms with E-state index in [2.05, 4.69) is 13.8 Å². The minimum absolute atomic E-state index is 0.0491. The maximum absolute atomic E-state index is 13.4. The Kier molecular flexibility index (Phi) is 4.65. The molecule has 1 spiro atoms. The molecule has 8 heteroatoms. The summed E-state index contributed by atoms with van der Waals surface area (Å²) in [5, 5.41) is 10.7. The second-order valence-electron chi connectivity index (χ2n) is 9.75. The molecule has 2 unspecified atom stereocenters. The van der Waals surface area contributed by atoms with Crippen molar-refractivity contribution in [1.82, 2.24) is 0 Å². The number of hydrogen-bond acceptors (Lipinski definition) is 6. The van der Waals surface area contributed by atoms with Crippen LogP contribution in [0.1, 0.15) is 53.4 Å². The van der Waals surface area contributed by atoms with Crippen molar-refractivity contribution in [1.29, 1.82) is 0 Å². The smallest absolute Gasteiger partial charge is 0.386 e. The highest BCUT2D eigenvalue weighted by Gasteiger charge is 2.72. The van der Waals surface area contributed by atoms with Gasteiger partial charge >= 0.3 is 17.5 Å². The normalized spacial score (nSPS) is 38.2. The van der Waals surface area contributed by atoms with Crippen molar-refractivity contribution in [3.63, 3.8) is 0 Å². The average Bonchev–Trinajstić information content (AvgIpc) is 2.66. The first-order valence-corrected chi connectivity index (χ1v) is 10.5. The lowest BCUT2D eigenvalue weighted by atomic mass is 9.46.